The van der Waals surface area contributed by atoms with Gasteiger partial charge in [0.1, 0.15) is 0 Å². The molecule has 0 aliphatic rings. The molecule has 1 aromatic rings. The summed E-state index contributed by atoms with van der Waals surface area (Å²) in [5, 5.41) is 10.7. The van der Waals surface area contributed by atoms with E-state index >= 15 is 0 Å². The Labute approximate surface area is 102 Å². The average molecular weight is 261 g/mol. The van der Waals surface area contributed by atoms with E-state index in [1.165, 1.54) is 0 Å². The van der Waals surface area contributed by atoms with Crippen LogP contribution in [0.2, 0.25) is 0 Å². The van der Waals surface area contributed by atoms with Crippen molar-refractivity contribution in [1.82, 2.24) is 25.0 Å². The predicted octanol–water partition coefficient (Wildman–Crippen LogP) is -0.804. The summed E-state index contributed by atoms with van der Waals surface area (Å²) in [7, 11) is -3.10. The van der Waals surface area contributed by atoms with Crippen molar-refractivity contribution >= 4 is 10.0 Å². The summed E-state index contributed by atoms with van der Waals surface area (Å²) in [5.41, 5.74) is 0. The van der Waals surface area contributed by atoms with E-state index in [0.717, 1.165) is 6.54 Å². The Morgan fingerprint density at radius 3 is 2.82 bits per heavy atom. The van der Waals surface area contributed by atoms with Gasteiger partial charge in [-0.3, -0.25) is 4.68 Å². The van der Waals surface area contributed by atoms with Gasteiger partial charge in [-0.15, -0.1) is 5.10 Å². The molecule has 0 radical (unpaired) electrons. The summed E-state index contributed by atoms with van der Waals surface area (Å²) in [6.07, 6.45) is 3.41. The second-order valence-electron chi connectivity index (χ2n) is 3.77. The highest BCUT2D eigenvalue weighted by Gasteiger charge is 2.08. The maximum absolute atomic E-state index is 11.2. The molecule has 1 unspecified atom stereocenters. The number of rotatable bonds is 8. The van der Waals surface area contributed by atoms with Crippen LogP contribution in [0.4, 0.5) is 0 Å². The molecular weight excluding hydrogens is 242 g/mol. The predicted molar refractivity (Wildman–Crippen MR) is 65.0 cm³/mol. The molecule has 0 saturated heterocycles. The van der Waals surface area contributed by atoms with E-state index in [9.17, 15) is 8.42 Å². The summed E-state index contributed by atoms with van der Waals surface area (Å²) in [6, 6.07) is 0.0832. The van der Waals surface area contributed by atoms with Gasteiger partial charge in [-0.2, -0.15) is 0 Å². The lowest BCUT2D eigenvalue weighted by atomic mass is 10.3. The van der Waals surface area contributed by atoms with Crippen LogP contribution < -0.4 is 10.0 Å². The van der Waals surface area contributed by atoms with Crippen molar-refractivity contribution in [3.05, 3.63) is 12.4 Å². The first-order valence-corrected chi connectivity index (χ1v) is 7.23. The molecule has 7 nitrogen and oxygen atoms in total. The maximum atomic E-state index is 11.2. The molecular formula is C9H19N5O2S. The third-order valence-electron chi connectivity index (χ3n) is 2.30. The number of aromatic nitrogens is 3. The summed E-state index contributed by atoms with van der Waals surface area (Å²) in [4.78, 5) is 0. The highest BCUT2D eigenvalue weighted by atomic mass is 32.2. The number of hydrogen-bond donors (Lipinski definition) is 2. The smallest absolute Gasteiger partial charge is 0.211 e. The van der Waals surface area contributed by atoms with E-state index in [2.05, 4.69) is 20.4 Å². The average Bonchev–Trinajstić information content (AvgIpc) is 2.80. The van der Waals surface area contributed by atoms with Gasteiger partial charge in [-0.25, -0.2) is 13.1 Å². The lowest BCUT2D eigenvalue weighted by Crippen LogP contribution is -2.40. The number of sulfonamides is 1. The van der Waals surface area contributed by atoms with Crippen LogP contribution in [0.25, 0.3) is 0 Å². The Morgan fingerprint density at radius 1 is 1.47 bits per heavy atom. The van der Waals surface area contributed by atoms with E-state index in [-0.39, 0.29) is 11.8 Å². The molecule has 8 heteroatoms. The molecule has 1 heterocycles. The summed E-state index contributed by atoms with van der Waals surface area (Å²) < 4.78 is 26.7. The molecule has 0 aromatic carbocycles. The van der Waals surface area contributed by atoms with E-state index in [1.807, 2.05) is 6.92 Å². The Bertz CT molecular complexity index is 403. The molecule has 98 valence electrons. The first-order chi connectivity index (χ1) is 8.03. The lowest BCUT2D eigenvalue weighted by Gasteiger charge is -2.14. The van der Waals surface area contributed by atoms with Gasteiger partial charge in [0.05, 0.1) is 18.5 Å². The van der Waals surface area contributed by atoms with Crippen molar-refractivity contribution in [2.75, 3.05) is 18.8 Å². The van der Waals surface area contributed by atoms with Crippen molar-refractivity contribution in [2.24, 2.45) is 0 Å². The zero-order chi connectivity index (χ0) is 12.7. The first kappa shape index (κ1) is 14.1. The van der Waals surface area contributed by atoms with E-state index in [4.69, 9.17) is 0 Å². The van der Waals surface area contributed by atoms with Gasteiger partial charge < -0.3 is 5.32 Å². The molecule has 0 aliphatic carbocycles. The van der Waals surface area contributed by atoms with Crippen LogP contribution in [-0.2, 0) is 16.6 Å². The molecule has 1 atom stereocenters. The third-order valence-corrected chi connectivity index (χ3v) is 3.66. The zero-order valence-corrected chi connectivity index (χ0v) is 10.9. The zero-order valence-electron chi connectivity index (χ0n) is 10.1. The Balaban J connectivity index is 2.15. The minimum Gasteiger partial charge on any atom is -0.311 e. The summed E-state index contributed by atoms with van der Waals surface area (Å²) >= 11 is 0. The fraction of sp³-hybridized carbons (Fsp3) is 0.778. The minimum absolute atomic E-state index is 0.0832. The van der Waals surface area contributed by atoms with E-state index in [1.54, 1.807) is 24.0 Å². The Kier molecular flexibility index (Phi) is 5.52. The molecule has 0 fully saturated rings. The van der Waals surface area contributed by atoms with Gasteiger partial charge >= 0.3 is 0 Å². The molecule has 0 aliphatic heterocycles. The van der Waals surface area contributed by atoms with Crippen molar-refractivity contribution in [2.45, 2.75) is 26.4 Å². The summed E-state index contributed by atoms with van der Waals surface area (Å²) in [6.45, 7) is 5.38. The van der Waals surface area contributed by atoms with Gasteiger partial charge in [0.15, 0.2) is 0 Å². The van der Waals surface area contributed by atoms with Crippen LogP contribution >= 0.6 is 0 Å². The van der Waals surface area contributed by atoms with Gasteiger partial charge in [-0.1, -0.05) is 5.21 Å². The molecule has 0 amide bonds. The fourth-order valence-electron chi connectivity index (χ4n) is 1.20. The van der Waals surface area contributed by atoms with Crippen LogP contribution in [0.5, 0.6) is 0 Å². The normalized spacial score (nSPS) is 13.8. The Morgan fingerprint density at radius 2 is 2.24 bits per heavy atom. The van der Waals surface area contributed by atoms with Crippen molar-refractivity contribution < 1.29 is 8.42 Å². The molecule has 17 heavy (non-hydrogen) atoms. The second-order valence-corrected chi connectivity index (χ2v) is 5.87. The number of nitrogens with zero attached hydrogens (tertiary/aromatic N) is 3. The van der Waals surface area contributed by atoms with Gasteiger partial charge in [0.2, 0.25) is 10.0 Å². The number of hydrogen-bond acceptors (Lipinski definition) is 5. The monoisotopic (exact) mass is 261 g/mol. The number of nitrogens with one attached hydrogen (secondary N) is 2. The molecule has 0 bridgehead atoms. The molecule has 0 spiro atoms. The molecule has 1 rings (SSSR count). The van der Waals surface area contributed by atoms with Crippen molar-refractivity contribution in [3.63, 3.8) is 0 Å². The van der Waals surface area contributed by atoms with Gasteiger partial charge in [0.25, 0.3) is 0 Å². The Hall–Kier alpha value is -0.990. The van der Waals surface area contributed by atoms with Crippen LogP contribution in [0, 0.1) is 0 Å². The molecule has 0 saturated carbocycles. The highest BCUT2D eigenvalue weighted by molar-refractivity contribution is 7.89. The van der Waals surface area contributed by atoms with Crippen LogP contribution in [0.15, 0.2) is 12.4 Å². The quantitative estimate of drug-likeness (QED) is 0.639. The lowest BCUT2D eigenvalue weighted by molar-refractivity contribution is 0.481. The van der Waals surface area contributed by atoms with Crippen LogP contribution in [0.1, 0.15) is 13.8 Å². The van der Waals surface area contributed by atoms with Crippen molar-refractivity contribution in [1.29, 1.82) is 0 Å². The fourth-order valence-corrected chi connectivity index (χ4v) is 1.91. The maximum Gasteiger partial charge on any atom is 0.211 e. The highest BCUT2D eigenvalue weighted by Crippen LogP contribution is 1.86. The third kappa shape index (κ3) is 5.76. The van der Waals surface area contributed by atoms with Crippen LogP contribution in [-0.4, -0.2) is 48.3 Å². The van der Waals surface area contributed by atoms with Gasteiger partial charge in [0, 0.05) is 25.3 Å². The summed E-state index contributed by atoms with van der Waals surface area (Å²) in [5.74, 6) is 0.110. The largest absolute Gasteiger partial charge is 0.311 e. The van der Waals surface area contributed by atoms with Crippen molar-refractivity contribution in [3.8, 4) is 0 Å². The second kappa shape index (κ2) is 6.67. The molecule has 2 N–H and O–H groups in total. The van der Waals surface area contributed by atoms with Gasteiger partial charge in [-0.05, 0) is 13.8 Å². The van der Waals surface area contributed by atoms with Crippen LogP contribution in [0.3, 0.4) is 0 Å². The molecule has 1 aromatic heterocycles. The van der Waals surface area contributed by atoms with E-state index < -0.39 is 10.0 Å². The standard InChI is InChI=1S/C9H19N5O2S/c1-3-17(15,16)12-8-9(2)10-4-6-14-7-5-11-13-14/h5,7,9-10,12H,3-4,6,8H2,1-2H3. The SMILES string of the molecule is CCS(=O)(=O)NCC(C)NCCn1ccnn1. The first-order valence-electron chi connectivity index (χ1n) is 5.58. The minimum atomic E-state index is -3.10. The topological polar surface area (TPSA) is 88.9 Å². The van der Waals surface area contributed by atoms with E-state index in [0.29, 0.717) is 13.1 Å².